The van der Waals surface area contributed by atoms with E-state index in [2.05, 4.69) is 0 Å². The average Bonchev–Trinajstić information content (AvgIpc) is 3.30. The van der Waals surface area contributed by atoms with Crippen LogP contribution < -0.4 is 10.6 Å². The number of carbonyl (C=O) groups is 5. The first-order valence-corrected chi connectivity index (χ1v) is 14.8. The largest absolute Gasteiger partial charge is 0.480 e. The zero-order valence-corrected chi connectivity index (χ0v) is 23.7. The summed E-state index contributed by atoms with van der Waals surface area (Å²) in [6.45, 7) is 2.81. The standard InChI is InChI=1S/C29H39N7O6/c30-28(31)34-10-5-6-19(18-34)16-21-25(27(40)41)36(26(21)39)29(42)33-14-12-32(13-15-33)23(37)9-3-4-11-35-22-8-2-1-7-20(22)17-24(35)38/h1-2,7-8,19,21,25H,3-6,9-18H2,(H3,30,31)(H,40,41). The SMILES string of the molecule is N=C(N)N1CCCC(CC2C(=O)N(C(=O)N3CCN(C(=O)CCCCN4C(=O)Cc5ccccc54)CC3)C2C(=O)O)C1. The first-order valence-electron chi connectivity index (χ1n) is 14.8. The fraction of sp³-hybridized carbons (Fsp3) is 0.586. The van der Waals surface area contributed by atoms with E-state index in [1.165, 1.54) is 4.90 Å². The summed E-state index contributed by atoms with van der Waals surface area (Å²) in [5.41, 5.74) is 7.58. The third-order valence-electron chi connectivity index (χ3n) is 8.97. The van der Waals surface area contributed by atoms with Crippen molar-refractivity contribution < 1.29 is 29.1 Å². The minimum Gasteiger partial charge on any atom is -0.480 e. The Morgan fingerprint density at radius 3 is 2.40 bits per heavy atom. The predicted octanol–water partition coefficient (Wildman–Crippen LogP) is 0.917. The maximum absolute atomic E-state index is 13.2. The number of piperazine rings is 1. The molecule has 3 fully saturated rings. The Labute approximate surface area is 244 Å². The van der Waals surface area contributed by atoms with Crippen LogP contribution in [-0.4, -0.2) is 112 Å². The van der Waals surface area contributed by atoms with Gasteiger partial charge in [0.25, 0.3) is 0 Å². The monoisotopic (exact) mass is 581 g/mol. The van der Waals surface area contributed by atoms with E-state index in [0.29, 0.717) is 64.8 Å². The zero-order valence-electron chi connectivity index (χ0n) is 23.7. The quantitative estimate of drug-likeness (QED) is 0.176. The van der Waals surface area contributed by atoms with E-state index in [1.54, 1.807) is 14.7 Å². The Bertz CT molecular complexity index is 1260. The summed E-state index contributed by atoms with van der Waals surface area (Å²) in [5.74, 6) is -2.42. The lowest BCUT2D eigenvalue weighted by molar-refractivity contribution is -0.167. The summed E-state index contributed by atoms with van der Waals surface area (Å²) in [6, 6.07) is 5.90. The molecule has 1 aromatic carbocycles. The lowest BCUT2D eigenvalue weighted by atomic mass is 9.78. The fourth-order valence-corrected chi connectivity index (χ4v) is 6.67. The van der Waals surface area contributed by atoms with Crippen LogP contribution in [0.5, 0.6) is 0 Å². The van der Waals surface area contributed by atoms with E-state index in [1.807, 2.05) is 24.3 Å². The third kappa shape index (κ3) is 5.90. The second kappa shape index (κ2) is 12.4. The van der Waals surface area contributed by atoms with Gasteiger partial charge in [0.05, 0.1) is 12.3 Å². The van der Waals surface area contributed by atoms with E-state index in [4.69, 9.17) is 11.1 Å². The van der Waals surface area contributed by atoms with Crippen molar-refractivity contribution in [2.24, 2.45) is 17.6 Å². The second-order valence-corrected chi connectivity index (χ2v) is 11.6. The Hall–Kier alpha value is -4.16. The second-order valence-electron chi connectivity index (χ2n) is 11.6. The average molecular weight is 582 g/mol. The van der Waals surface area contributed by atoms with Gasteiger partial charge in [0.15, 0.2) is 12.0 Å². The Kier molecular flexibility index (Phi) is 8.64. The maximum Gasteiger partial charge on any atom is 0.327 e. The van der Waals surface area contributed by atoms with Gasteiger partial charge in [-0.2, -0.15) is 0 Å². The molecule has 13 nitrogen and oxygen atoms in total. The minimum absolute atomic E-state index is 0.0224. The van der Waals surface area contributed by atoms with Crippen LogP contribution in [0.15, 0.2) is 24.3 Å². The molecule has 0 aliphatic carbocycles. The van der Waals surface area contributed by atoms with E-state index >= 15 is 0 Å². The lowest BCUT2D eigenvalue weighted by Crippen LogP contribution is -2.70. The number of anilines is 1. The number of nitrogens with one attached hydrogen (secondary N) is 1. The van der Waals surface area contributed by atoms with Gasteiger partial charge in [-0.1, -0.05) is 18.2 Å². The van der Waals surface area contributed by atoms with Crippen molar-refractivity contribution in [2.45, 2.75) is 51.0 Å². The number of para-hydroxylation sites is 1. The van der Waals surface area contributed by atoms with Gasteiger partial charge < -0.3 is 30.4 Å². The van der Waals surface area contributed by atoms with Crippen LogP contribution in [0.3, 0.4) is 0 Å². The number of imide groups is 1. The van der Waals surface area contributed by atoms with E-state index in [0.717, 1.165) is 29.0 Å². The predicted molar refractivity (Wildman–Crippen MR) is 152 cm³/mol. The highest BCUT2D eigenvalue weighted by Crippen LogP contribution is 2.36. The van der Waals surface area contributed by atoms with Crippen molar-refractivity contribution in [3.63, 3.8) is 0 Å². The maximum atomic E-state index is 13.2. The van der Waals surface area contributed by atoms with Crippen molar-refractivity contribution in [3.05, 3.63) is 29.8 Å². The number of unbranched alkanes of at least 4 members (excludes halogenated alkanes) is 1. The molecule has 4 aliphatic rings. The minimum atomic E-state index is -1.22. The number of hydrogen-bond donors (Lipinski definition) is 3. The van der Waals surface area contributed by atoms with Crippen LogP contribution in [0, 0.1) is 17.2 Å². The number of rotatable bonds is 8. The zero-order chi connectivity index (χ0) is 30.0. The number of nitrogens with two attached hydrogens (primary N) is 1. The summed E-state index contributed by atoms with van der Waals surface area (Å²) in [5, 5.41) is 17.5. The molecular formula is C29H39N7O6. The molecule has 4 N–H and O–H groups in total. The number of carboxylic acid groups (broad SMARTS) is 1. The van der Waals surface area contributed by atoms with Crippen molar-refractivity contribution in [3.8, 4) is 0 Å². The molecule has 0 saturated carbocycles. The van der Waals surface area contributed by atoms with Crippen molar-refractivity contribution in [1.82, 2.24) is 19.6 Å². The highest BCUT2D eigenvalue weighted by Gasteiger charge is 2.56. The van der Waals surface area contributed by atoms with Gasteiger partial charge in [0.2, 0.25) is 17.7 Å². The first kappa shape index (κ1) is 29.3. The van der Waals surface area contributed by atoms with Gasteiger partial charge in [-0.15, -0.1) is 0 Å². The Morgan fingerprint density at radius 2 is 1.69 bits per heavy atom. The molecule has 42 heavy (non-hydrogen) atoms. The van der Waals surface area contributed by atoms with Crippen molar-refractivity contribution in [2.75, 3.05) is 50.7 Å². The summed E-state index contributed by atoms with van der Waals surface area (Å²) in [4.78, 5) is 70.9. The molecule has 4 heterocycles. The number of amides is 5. The molecule has 5 amide bonds. The molecule has 3 atom stereocenters. The molecule has 13 heteroatoms. The Balaban J connectivity index is 1.06. The van der Waals surface area contributed by atoms with Crippen molar-refractivity contribution in [1.29, 1.82) is 5.41 Å². The van der Waals surface area contributed by atoms with Gasteiger partial charge >= 0.3 is 12.0 Å². The lowest BCUT2D eigenvalue weighted by Gasteiger charge is -2.47. The van der Waals surface area contributed by atoms with Crippen LogP contribution >= 0.6 is 0 Å². The number of fused-ring (bicyclic) bond motifs is 1. The highest BCUT2D eigenvalue weighted by atomic mass is 16.4. The molecule has 226 valence electrons. The third-order valence-corrected chi connectivity index (χ3v) is 8.97. The number of urea groups is 1. The van der Waals surface area contributed by atoms with Crippen LogP contribution in [0.1, 0.15) is 44.1 Å². The molecule has 0 radical (unpaired) electrons. The van der Waals surface area contributed by atoms with Crippen LogP contribution in [0.25, 0.3) is 0 Å². The normalized spacial score (nSPS) is 24.0. The summed E-state index contributed by atoms with van der Waals surface area (Å²) >= 11 is 0. The van der Waals surface area contributed by atoms with Crippen LogP contribution in [-0.2, 0) is 25.6 Å². The van der Waals surface area contributed by atoms with Gasteiger partial charge in [-0.05, 0) is 49.7 Å². The molecule has 0 aromatic heterocycles. The van der Waals surface area contributed by atoms with Gasteiger partial charge in [0, 0.05) is 57.9 Å². The van der Waals surface area contributed by atoms with E-state index in [-0.39, 0.29) is 36.8 Å². The van der Waals surface area contributed by atoms with Gasteiger partial charge in [0.1, 0.15) is 0 Å². The van der Waals surface area contributed by atoms with Crippen LogP contribution in [0.2, 0.25) is 0 Å². The number of benzene rings is 1. The summed E-state index contributed by atoms with van der Waals surface area (Å²) in [6.07, 6.45) is 4.05. The fourth-order valence-electron chi connectivity index (χ4n) is 6.67. The smallest absolute Gasteiger partial charge is 0.327 e. The first-order chi connectivity index (χ1) is 20.2. The molecule has 1 aromatic rings. The number of likely N-dealkylation sites (tertiary alicyclic amines) is 2. The number of carboxylic acids is 1. The number of β-lactam (4-membered cyclic amide) rings is 1. The molecular weight excluding hydrogens is 542 g/mol. The number of carbonyl (C=O) groups excluding carboxylic acids is 4. The number of nitrogens with zero attached hydrogens (tertiary/aromatic N) is 5. The van der Waals surface area contributed by atoms with Gasteiger partial charge in [-0.3, -0.25) is 19.8 Å². The molecule has 3 unspecified atom stereocenters. The number of guanidine groups is 1. The molecule has 4 aliphatic heterocycles. The summed E-state index contributed by atoms with van der Waals surface area (Å²) < 4.78 is 0. The number of aliphatic carboxylic acids is 1. The highest BCUT2D eigenvalue weighted by molar-refractivity contribution is 6.07. The van der Waals surface area contributed by atoms with Gasteiger partial charge in [-0.25, -0.2) is 14.5 Å². The molecule has 5 rings (SSSR count). The molecule has 3 saturated heterocycles. The van der Waals surface area contributed by atoms with Crippen molar-refractivity contribution >= 4 is 41.4 Å². The molecule has 0 spiro atoms. The molecule has 0 bridgehead atoms. The Morgan fingerprint density at radius 1 is 0.976 bits per heavy atom. The topological polar surface area (TPSA) is 172 Å². The van der Waals surface area contributed by atoms with Crippen LogP contribution in [0.4, 0.5) is 10.5 Å². The van der Waals surface area contributed by atoms with E-state index < -0.39 is 29.9 Å². The number of piperidine rings is 1. The van der Waals surface area contributed by atoms with E-state index in [9.17, 15) is 29.1 Å². The number of hydrogen-bond acceptors (Lipinski definition) is 6. The summed E-state index contributed by atoms with van der Waals surface area (Å²) in [7, 11) is 0.